The van der Waals surface area contributed by atoms with Crippen LogP contribution in [0.4, 0.5) is 0 Å². The molecule has 3 heteroatoms. The third kappa shape index (κ3) is 1.09. The second kappa shape index (κ2) is 2.81. The average molecular weight is 183 g/mol. The highest BCUT2D eigenvalue weighted by atomic mass is 35.5. The molecular formula is C9H7ClO2. The first-order chi connectivity index (χ1) is 5.81. The van der Waals surface area contributed by atoms with Gasteiger partial charge in [-0.1, -0.05) is 11.6 Å². The minimum atomic E-state index is 0.000833. The number of rotatable bonds is 1. The summed E-state index contributed by atoms with van der Waals surface area (Å²) in [6, 6.07) is 5.37. The fraction of sp³-hybridized carbons (Fsp3) is 0.111. The lowest BCUT2D eigenvalue weighted by Gasteiger charge is -1.97. The number of furan rings is 1. The van der Waals surface area contributed by atoms with Crippen LogP contribution in [-0.4, -0.2) is 5.11 Å². The van der Waals surface area contributed by atoms with E-state index < -0.39 is 0 Å². The molecule has 0 saturated carbocycles. The maximum atomic E-state index is 8.87. The van der Waals surface area contributed by atoms with Gasteiger partial charge in [0.2, 0.25) is 0 Å². The predicted octanol–water partition coefficient (Wildman–Crippen LogP) is 2.58. The van der Waals surface area contributed by atoms with E-state index in [1.165, 1.54) is 0 Å². The molecule has 0 amide bonds. The van der Waals surface area contributed by atoms with E-state index in [0.29, 0.717) is 10.6 Å². The lowest BCUT2D eigenvalue weighted by atomic mass is 10.2. The molecule has 0 spiro atoms. The predicted molar refractivity (Wildman–Crippen MR) is 47.1 cm³/mol. The summed E-state index contributed by atoms with van der Waals surface area (Å²) >= 11 is 5.88. The molecule has 0 bridgehead atoms. The molecule has 1 aromatic heterocycles. The first kappa shape index (κ1) is 7.65. The van der Waals surface area contributed by atoms with Crippen molar-refractivity contribution in [1.29, 1.82) is 0 Å². The van der Waals surface area contributed by atoms with Gasteiger partial charge in [0.25, 0.3) is 0 Å². The van der Waals surface area contributed by atoms with E-state index in [2.05, 4.69) is 0 Å². The monoisotopic (exact) mass is 182 g/mol. The van der Waals surface area contributed by atoms with Gasteiger partial charge < -0.3 is 9.52 Å². The number of halogens is 1. The Kier molecular flexibility index (Phi) is 1.79. The minimum Gasteiger partial charge on any atom is -0.463 e. The fourth-order valence-electron chi connectivity index (χ4n) is 1.19. The zero-order valence-electron chi connectivity index (χ0n) is 6.25. The van der Waals surface area contributed by atoms with Crippen LogP contribution >= 0.6 is 11.6 Å². The number of hydrogen-bond donors (Lipinski definition) is 1. The number of benzene rings is 1. The van der Waals surface area contributed by atoms with Gasteiger partial charge in [-0.3, -0.25) is 0 Å². The zero-order chi connectivity index (χ0) is 8.55. The van der Waals surface area contributed by atoms with Crippen molar-refractivity contribution in [3.8, 4) is 0 Å². The molecule has 1 N–H and O–H groups in total. The average Bonchev–Trinajstić information content (AvgIpc) is 2.52. The van der Waals surface area contributed by atoms with Crippen molar-refractivity contribution in [2.24, 2.45) is 0 Å². The molecule has 0 aliphatic heterocycles. The minimum absolute atomic E-state index is 0.000833. The number of fused-ring (bicyclic) bond motifs is 1. The second-order valence-electron chi connectivity index (χ2n) is 2.57. The Hall–Kier alpha value is -0.990. The molecule has 2 nitrogen and oxygen atoms in total. The summed E-state index contributed by atoms with van der Waals surface area (Å²) in [5.74, 6) is 0. The van der Waals surface area contributed by atoms with Crippen molar-refractivity contribution >= 4 is 22.6 Å². The van der Waals surface area contributed by atoms with E-state index >= 15 is 0 Å². The first-order valence-electron chi connectivity index (χ1n) is 3.58. The molecule has 1 heterocycles. The van der Waals surface area contributed by atoms with E-state index in [1.54, 1.807) is 12.3 Å². The molecule has 12 heavy (non-hydrogen) atoms. The number of hydrogen-bond acceptors (Lipinski definition) is 2. The normalized spacial score (nSPS) is 10.8. The van der Waals surface area contributed by atoms with Crippen molar-refractivity contribution in [3.63, 3.8) is 0 Å². The molecule has 0 fully saturated rings. The van der Waals surface area contributed by atoms with Crippen LogP contribution in [-0.2, 0) is 6.61 Å². The summed E-state index contributed by atoms with van der Waals surface area (Å²) in [5, 5.41) is 10.3. The molecule has 0 unspecified atom stereocenters. The second-order valence-corrected chi connectivity index (χ2v) is 2.98. The van der Waals surface area contributed by atoms with Crippen LogP contribution in [0.3, 0.4) is 0 Å². The third-order valence-corrected chi connectivity index (χ3v) is 2.03. The maximum absolute atomic E-state index is 8.87. The van der Waals surface area contributed by atoms with Crippen molar-refractivity contribution < 1.29 is 9.52 Å². The highest BCUT2D eigenvalue weighted by molar-refractivity contribution is 6.34. The third-order valence-electron chi connectivity index (χ3n) is 1.75. The van der Waals surface area contributed by atoms with Gasteiger partial charge in [0.05, 0.1) is 17.9 Å². The first-order valence-corrected chi connectivity index (χ1v) is 3.95. The van der Waals surface area contributed by atoms with Gasteiger partial charge in [-0.2, -0.15) is 0 Å². The van der Waals surface area contributed by atoms with E-state index in [1.807, 2.05) is 12.1 Å². The molecule has 2 rings (SSSR count). The highest BCUT2D eigenvalue weighted by Crippen LogP contribution is 2.26. The van der Waals surface area contributed by atoms with Crippen molar-refractivity contribution in [2.75, 3.05) is 0 Å². The Labute approximate surface area is 74.4 Å². The largest absolute Gasteiger partial charge is 0.463 e. The smallest absolute Gasteiger partial charge is 0.152 e. The van der Waals surface area contributed by atoms with Crippen LogP contribution in [0.5, 0.6) is 0 Å². The molecular weight excluding hydrogens is 176 g/mol. The summed E-state index contributed by atoms with van der Waals surface area (Å²) in [7, 11) is 0. The Morgan fingerprint density at radius 2 is 2.25 bits per heavy atom. The highest BCUT2D eigenvalue weighted by Gasteiger charge is 2.03. The van der Waals surface area contributed by atoms with Crippen molar-refractivity contribution in [1.82, 2.24) is 0 Å². The lowest BCUT2D eigenvalue weighted by molar-refractivity contribution is 0.282. The zero-order valence-corrected chi connectivity index (χ0v) is 7.01. The van der Waals surface area contributed by atoms with Gasteiger partial charge in [-0.15, -0.1) is 0 Å². The van der Waals surface area contributed by atoms with Gasteiger partial charge in [0, 0.05) is 5.39 Å². The van der Waals surface area contributed by atoms with Crippen LogP contribution < -0.4 is 0 Å². The molecule has 0 aliphatic carbocycles. The Bertz CT molecular complexity index is 406. The standard InChI is InChI=1S/C9H7ClO2/c10-8-4-6(5-11)3-7-1-2-12-9(7)8/h1-4,11H,5H2. The summed E-state index contributed by atoms with van der Waals surface area (Å²) in [6.45, 7) is 0.000833. The van der Waals surface area contributed by atoms with Crippen LogP contribution in [0.2, 0.25) is 5.02 Å². The molecule has 0 saturated heterocycles. The van der Waals surface area contributed by atoms with Gasteiger partial charge in [0.15, 0.2) is 5.58 Å². The van der Waals surface area contributed by atoms with Gasteiger partial charge in [-0.05, 0) is 23.8 Å². The van der Waals surface area contributed by atoms with Crippen LogP contribution in [0.15, 0.2) is 28.9 Å². The molecule has 0 aliphatic rings. The maximum Gasteiger partial charge on any atom is 0.152 e. The SMILES string of the molecule is OCc1cc(Cl)c2occc2c1. The van der Waals surface area contributed by atoms with Gasteiger partial charge in [-0.25, -0.2) is 0 Å². The topological polar surface area (TPSA) is 33.4 Å². The molecule has 0 radical (unpaired) electrons. The molecule has 0 atom stereocenters. The quantitative estimate of drug-likeness (QED) is 0.736. The summed E-state index contributed by atoms with van der Waals surface area (Å²) in [4.78, 5) is 0. The molecule has 62 valence electrons. The summed E-state index contributed by atoms with van der Waals surface area (Å²) in [6.07, 6.45) is 1.58. The van der Waals surface area contributed by atoms with E-state index in [4.69, 9.17) is 21.1 Å². The van der Waals surface area contributed by atoms with Gasteiger partial charge >= 0.3 is 0 Å². The fourth-order valence-corrected chi connectivity index (χ4v) is 1.48. The van der Waals surface area contributed by atoms with E-state index in [0.717, 1.165) is 10.9 Å². The van der Waals surface area contributed by atoms with E-state index in [-0.39, 0.29) is 6.61 Å². The summed E-state index contributed by atoms with van der Waals surface area (Å²) < 4.78 is 5.13. The Morgan fingerprint density at radius 3 is 3.00 bits per heavy atom. The molecule has 1 aromatic carbocycles. The number of aliphatic hydroxyl groups is 1. The molecule has 2 aromatic rings. The van der Waals surface area contributed by atoms with Crippen molar-refractivity contribution in [3.05, 3.63) is 35.0 Å². The van der Waals surface area contributed by atoms with E-state index in [9.17, 15) is 0 Å². The lowest BCUT2D eigenvalue weighted by Crippen LogP contribution is -1.81. The Morgan fingerprint density at radius 1 is 1.42 bits per heavy atom. The van der Waals surface area contributed by atoms with Crippen LogP contribution in [0.25, 0.3) is 11.0 Å². The number of aliphatic hydroxyl groups excluding tert-OH is 1. The Balaban J connectivity index is 2.75. The van der Waals surface area contributed by atoms with Crippen molar-refractivity contribution in [2.45, 2.75) is 6.61 Å². The van der Waals surface area contributed by atoms with Crippen LogP contribution in [0.1, 0.15) is 5.56 Å². The van der Waals surface area contributed by atoms with Gasteiger partial charge in [0.1, 0.15) is 0 Å². The van der Waals surface area contributed by atoms with Crippen LogP contribution in [0, 0.1) is 0 Å². The summed E-state index contributed by atoms with van der Waals surface area (Å²) in [5.41, 5.74) is 1.47.